The predicted molar refractivity (Wildman–Crippen MR) is 26.3 cm³/mol. The van der Waals surface area contributed by atoms with Crippen LogP contribution in [0.2, 0.25) is 0 Å². The molecular weight excluding hydrogens is 74.1 g/mol. The average molecular weight is 83.1 g/mol. The lowest BCUT2D eigenvalue weighted by atomic mass is 10.5. The molecule has 0 spiro atoms. The van der Waals surface area contributed by atoms with Crippen molar-refractivity contribution in [2.45, 2.75) is 13.0 Å². The summed E-state index contributed by atoms with van der Waals surface area (Å²) in [5, 5.41) is 0. The summed E-state index contributed by atoms with van der Waals surface area (Å²) in [4.78, 5) is 0. The van der Waals surface area contributed by atoms with Gasteiger partial charge in [-0.2, -0.15) is 0 Å². The van der Waals surface area contributed by atoms with Crippen LogP contribution in [0.1, 0.15) is 6.92 Å². The summed E-state index contributed by atoms with van der Waals surface area (Å²) < 4.78 is 0. The van der Waals surface area contributed by atoms with Gasteiger partial charge < -0.3 is 5.73 Å². The summed E-state index contributed by atoms with van der Waals surface area (Å²) >= 11 is 0. The molecule has 6 heavy (non-hydrogen) atoms. The standard InChI is InChI=1S/C5H9N/c1-3-4(2)5(3)6/h4-5H,1,6H2,2H3. The van der Waals surface area contributed by atoms with E-state index in [1.807, 2.05) is 0 Å². The zero-order valence-corrected chi connectivity index (χ0v) is 3.94. The number of hydrogen-bond donors (Lipinski definition) is 1. The fourth-order valence-corrected chi connectivity index (χ4v) is 0.493. The van der Waals surface area contributed by atoms with Gasteiger partial charge in [-0.3, -0.25) is 0 Å². The van der Waals surface area contributed by atoms with Gasteiger partial charge in [0.05, 0.1) is 0 Å². The van der Waals surface area contributed by atoms with Crippen LogP contribution in [0.15, 0.2) is 12.2 Å². The van der Waals surface area contributed by atoms with Crippen LogP contribution >= 0.6 is 0 Å². The van der Waals surface area contributed by atoms with Crippen molar-refractivity contribution in [1.82, 2.24) is 0 Å². The second kappa shape index (κ2) is 0.850. The Morgan fingerprint density at radius 1 is 1.83 bits per heavy atom. The first kappa shape index (κ1) is 3.88. The molecule has 1 rings (SSSR count). The third-order valence-electron chi connectivity index (χ3n) is 1.44. The third-order valence-corrected chi connectivity index (χ3v) is 1.44. The van der Waals surface area contributed by atoms with Gasteiger partial charge in [0.15, 0.2) is 0 Å². The molecule has 0 aliphatic heterocycles. The van der Waals surface area contributed by atoms with Crippen molar-refractivity contribution < 1.29 is 0 Å². The van der Waals surface area contributed by atoms with E-state index in [0.29, 0.717) is 12.0 Å². The molecule has 1 nitrogen and oxygen atoms in total. The molecule has 0 aromatic carbocycles. The van der Waals surface area contributed by atoms with Crippen LogP contribution in [0, 0.1) is 5.92 Å². The Labute approximate surface area is 37.8 Å². The highest BCUT2D eigenvalue weighted by atomic mass is 14.7. The molecule has 1 saturated carbocycles. The molecule has 1 fully saturated rings. The van der Waals surface area contributed by atoms with Gasteiger partial charge >= 0.3 is 0 Å². The van der Waals surface area contributed by atoms with Crippen LogP contribution in [-0.4, -0.2) is 6.04 Å². The molecule has 0 aromatic heterocycles. The van der Waals surface area contributed by atoms with Gasteiger partial charge in [0.1, 0.15) is 0 Å². The zero-order valence-electron chi connectivity index (χ0n) is 3.94. The molecule has 1 aliphatic carbocycles. The van der Waals surface area contributed by atoms with Crippen molar-refractivity contribution >= 4 is 0 Å². The molecule has 2 unspecified atom stereocenters. The first-order valence-corrected chi connectivity index (χ1v) is 2.17. The molecule has 2 N–H and O–H groups in total. The lowest BCUT2D eigenvalue weighted by Crippen LogP contribution is -1.99. The molecule has 0 amide bonds. The smallest absolute Gasteiger partial charge is 0.0318 e. The van der Waals surface area contributed by atoms with E-state index in [1.54, 1.807) is 0 Å². The fraction of sp³-hybridized carbons (Fsp3) is 0.600. The number of rotatable bonds is 0. The lowest BCUT2D eigenvalue weighted by Gasteiger charge is -1.67. The quantitative estimate of drug-likeness (QED) is 0.424. The minimum Gasteiger partial charge on any atom is -0.324 e. The summed E-state index contributed by atoms with van der Waals surface area (Å²) in [6, 6.07) is 0.324. The van der Waals surface area contributed by atoms with Gasteiger partial charge in [-0.1, -0.05) is 19.1 Å². The van der Waals surface area contributed by atoms with Crippen LogP contribution in [0.5, 0.6) is 0 Å². The van der Waals surface area contributed by atoms with Crippen LogP contribution < -0.4 is 5.73 Å². The molecular formula is C5H9N. The SMILES string of the molecule is C=C1C(C)C1N. The summed E-state index contributed by atoms with van der Waals surface area (Å²) in [7, 11) is 0. The van der Waals surface area contributed by atoms with Crippen LogP contribution in [-0.2, 0) is 0 Å². The Bertz CT molecular complexity index is 75.9. The van der Waals surface area contributed by atoms with Gasteiger partial charge in [0.25, 0.3) is 0 Å². The molecule has 1 aliphatic rings. The molecule has 34 valence electrons. The molecule has 0 saturated heterocycles. The van der Waals surface area contributed by atoms with Crippen molar-refractivity contribution in [2.75, 3.05) is 0 Å². The molecule has 0 bridgehead atoms. The van der Waals surface area contributed by atoms with Crippen LogP contribution in [0.4, 0.5) is 0 Å². The largest absolute Gasteiger partial charge is 0.324 e. The van der Waals surface area contributed by atoms with Gasteiger partial charge in [-0.05, 0) is 5.92 Å². The lowest BCUT2D eigenvalue weighted by molar-refractivity contribution is 0.898. The maximum Gasteiger partial charge on any atom is 0.0318 e. The maximum absolute atomic E-state index is 5.41. The first-order chi connectivity index (χ1) is 2.73. The summed E-state index contributed by atoms with van der Waals surface area (Å²) in [5.41, 5.74) is 6.61. The maximum atomic E-state index is 5.41. The van der Waals surface area contributed by atoms with Gasteiger partial charge in [0, 0.05) is 6.04 Å². The van der Waals surface area contributed by atoms with Crippen LogP contribution in [0.3, 0.4) is 0 Å². The third kappa shape index (κ3) is 0.287. The second-order valence-corrected chi connectivity index (χ2v) is 1.89. The summed E-state index contributed by atoms with van der Waals surface area (Å²) in [6.07, 6.45) is 0. The van der Waals surface area contributed by atoms with Gasteiger partial charge in [-0.15, -0.1) is 0 Å². The normalized spacial score (nSPS) is 43.3. The van der Waals surface area contributed by atoms with E-state index in [1.165, 1.54) is 5.57 Å². The molecule has 0 heterocycles. The molecule has 1 heteroatoms. The molecule has 0 aromatic rings. The van der Waals surface area contributed by atoms with Crippen molar-refractivity contribution in [2.24, 2.45) is 11.7 Å². The number of nitrogens with two attached hydrogens (primary N) is 1. The highest BCUT2D eigenvalue weighted by Crippen LogP contribution is 2.32. The average Bonchev–Trinajstić information content (AvgIpc) is 1.94. The molecule has 2 atom stereocenters. The van der Waals surface area contributed by atoms with Crippen LogP contribution in [0.25, 0.3) is 0 Å². The Hall–Kier alpha value is -0.300. The fourth-order valence-electron chi connectivity index (χ4n) is 0.493. The number of hydrogen-bond acceptors (Lipinski definition) is 1. The topological polar surface area (TPSA) is 26.0 Å². The summed E-state index contributed by atoms with van der Waals surface area (Å²) in [6.45, 7) is 5.79. The van der Waals surface area contributed by atoms with E-state index in [2.05, 4.69) is 13.5 Å². The minimum absolute atomic E-state index is 0.324. The Morgan fingerprint density at radius 3 is 2.00 bits per heavy atom. The van der Waals surface area contributed by atoms with E-state index < -0.39 is 0 Å². The monoisotopic (exact) mass is 83.1 g/mol. The minimum atomic E-state index is 0.324. The van der Waals surface area contributed by atoms with E-state index in [4.69, 9.17) is 5.73 Å². The Morgan fingerprint density at radius 2 is 2.00 bits per heavy atom. The van der Waals surface area contributed by atoms with Crippen molar-refractivity contribution in [3.8, 4) is 0 Å². The Balaban J connectivity index is 2.51. The van der Waals surface area contributed by atoms with E-state index >= 15 is 0 Å². The van der Waals surface area contributed by atoms with E-state index in [0.717, 1.165) is 0 Å². The highest BCUT2D eigenvalue weighted by Gasteiger charge is 2.33. The van der Waals surface area contributed by atoms with E-state index in [9.17, 15) is 0 Å². The predicted octanol–water partition coefficient (Wildman–Crippen LogP) is 0.520. The highest BCUT2D eigenvalue weighted by molar-refractivity contribution is 5.28. The summed E-state index contributed by atoms with van der Waals surface area (Å²) in [5.74, 6) is 0.602. The van der Waals surface area contributed by atoms with Crippen molar-refractivity contribution in [3.05, 3.63) is 12.2 Å². The van der Waals surface area contributed by atoms with Crippen molar-refractivity contribution in [1.29, 1.82) is 0 Å². The zero-order chi connectivity index (χ0) is 4.73. The van der Waals surface area contributed by atoms with Gasteiger partial charge in [-0.25, -0.2) is 0 Å². The first-order valence-electron chi connectivity index (χ1n) is 2.17. The van der Waals surface area contributed by atoms with E-state index in [-0.39, 0.29) is 0 Å². The molecule has 0 radical (unpaired) electrons. The second-order valence-electron chi connectivity index (χ2n) is 1.89. The van der Waals surface area contributed by atoms with Crippen molar-refractivity contribution in [3.63, 3.8) is 0 Å². The Kier molecular flexibility index (Phi) is 0.549. The van der Waals surface area contributed by atoms with Gasteiger partial charge in [0.2, 0.25) is 0 Å².